The molecular formula is C74H93N7O32. The lowest BCUT2D eigenvalue weighted by Gasteiger charge is -2.44. The summed E-state index contributed by atoms with van der Waals surface area (Å²) < 4.78 is 20.1. The molecule has 39 heteroatoms. The molecule has 22 N–H and O–H groups in total. The number of carbonyl (C=O) groups is 4. The van der Waals surface area contributed by atoms with E-state index in [4.69, 9.17) is 14.2 Å². The fourth-order valence-corrected chi connectivity index (χ4v) is 12.7. The summed E-state index contributed by atoms with van der Waals surface area (Å²) >= 11 is 0. The van der Waals surface area contributed by atoms with Crippen LogP contribution in [-0.2, 0) is 39.5 Å². The number of carboxylic acid groups (broad SMARTS) is 4. The molecule has 0 saturated carbocycles. The molecule has 7 aromatic rings. The van der Waals surface area contributed by atoms with Crippen LogP contribution < -0.4 is 50.1 Å². The van der Waals surface area contributed by atoms with Crippen molar-refractivity contribution in [3.8, 4) is 34.5 Å². The standard InChI is InChI=1S/C74H93N7O32/c82-36-52(91)58(97)55(94)46(85)30-75-33-49(88)61(100)64(111-39-42-16-5-1-6-17-42)67(75)78(70(103)104)27-13-24-74(81(73(109)110)45-22-11-4-12-23-45,25-14-28-79(71(105)106)68-65(112-40-43-18-7-2-8-19-43)62(101)50(89)34-76(68)31-47(86)56(95)59(98)53(92)37-83)26-15-29-80(72(107)108)69-66(113-41-44-20-9-3-10-21-44)63(102)51(90)35-77(69)32-48(87)57(96)60(99)54(93)38-84/h1-12,16-23,33-35,46-48,52-60,82-99H,13-15,24-32,36-41H2,(H,103,104)(H,105,106)(H,107,108)(H,109,110). The van der Waals surface area contributed by atoms with Crippen LogP contribution in [-0.4, -0.2) is 269 Å². The van der Waals surface area contributed by atoms with E-state index in [1.54, 1.807) is 54.6 Å². The molecule has 12 unspecified atom stereocenters. The zero-order valence-electron chi connectivity index (χ0n) is 60.5. The summed E-state index contributed by atoms with van der Waals surface area (Å²) in [5.41, 5.74) is -5.41. The highest BCUT2D eigenvalue weighted by molar-refractivity contribution is 5.90. The van der Waals surface area contributed by atoms with E-state index in [0.717, 1.165) is 18.6 Å². The molecule has 4 aromatic carbocycles. The fourth-order valence-electron chi connectivity index (χ4n) is 12.7. The minimum atomic E-state index is -2.35. The monoisotopic (exact) mass is 1590 g/mol. The zero-order valence-corrected chi connectivity index (χ0v) is 60.5. The van der Waals surface area contributed by atoms with Gasteiger partial charge in [-0.25, -0.2) is 19.2 Å². The highest BCUT2D eigenvalue weighted by Gasteiger charge is 2.44. The van der Waals surface area contributed by atoms with Gasteiger partial charge in [-0.1, -0.05) is 109 Å². The van der Waals surface area contributed by atoms with Crippen molar-refractivity contribution < 1.29 is 146 Å². The summed E-state index contributed by atoms with van der Waals surface area (Å²) in [4.78, 5) is 102. The third-order valence-electron chi connectivity index (χ3n) is 18.6. The number of pyridine rings is 3. The van der Waals surface area contributed by atoms with Crippen LogP contribution in [0.25, 0.3) is 0 Å². The molecule has 7 rings (SSSR count). The van der Waals surface area contributed by atoms with Gasteiger partial charge in [-0.2, -0.15) is 0 Å². The maximum Gasteiger partial charge on any atom is 0.413 e. The maximum absolute atomic E-state index is 14.6. The van der Waals surface area contributed by atoms with Crippen molar-refractivity contribution in [3.63, 3.8) is 0 Å². The Kier molecular flexibility index (Phi) is 32.8. The third-order valence-corrected chi connectivity index (χ3v) is 18.6. The van der Waals surface area contributed by atoms with E-state index in [0.29, 0.717) is 50.0 Å². The number of hydrogen-bond acceptors (Lipinski definition) is 28. The zero-order chi connectivity index (χ0) is 83.1. The molecule has 12 atom stereocenters. The van der Waals surface area contributed by atoms with Gasteiger partial charge in [-0.3, -0.25) is 34.0 Å². The van der Waals surface area contributed by atoms with E-state index in [1.165, 1.54) is 66.7 Å². The van der Waals surface area contributed by atoms with Gasteiger partial charge in [0.2, 0.25) is 17.2 Å². The van der Waals surface area contributed by atoms with E-state index < -0.39 is 289 Å². The molecule has 0 fully saturated rings. The van der Waals surface area contributed by atoms with Gasteiger partial charge in [0.1, 0.15) is 93.1 Å². The molecule has 3 aromatic heterocycles. The van der Waals surface area contributed by atoms with Crippen LogP contribution in [0.2, 0.25) is 0 Å². The van der Waals surface area contributed by atoms with Gasteiger partial charge < -0.3 is 140 Å². The van der Waals surface area contributed by atoms with Crippen LogP contribution >= 0.6 is 0 Å². The van der Waals surface area contributed by atoms with Crippen molar-refractivity contribution in [1.82, 2.24) is 13.7 Å². The molecule has 0 bridgehead atoms. The number of aliphatic hydroxyl groups excluding tert-OH is 15. The summed E-state index contributed by atoms with van der Waals surface area (Å²) in [6.45, 7) is -10.9. The Morgan fingerprint density at radius 3 is 0.823 bits per heavy atom. The summed E-state index contributed by atoms with van der Waals surface area (Å²) in [6.07, 6.45) is -36.5. The lowest BCUT2D eigenvalue weighted by atomic mass is 9.81. The third kappa shape index (κ3) is 22.7. The number of para-hydroxylation sites is 1. The number of aromatic nitrogens is 3. The minimum Gasteiger partial charge on any atom is -0.503 e. The Bertz CT molecular complexity index is 4040. The first kappa shape index (κ1) is 89.2. The number of rotatable bonds is 44. The average molecular weight is 1590 g/mol. The lowest BCUT2D eigenvalue weighted by Crippen LogP contribution is -2.53. The van der Waals surface area contributed by atoms with Crippen LogP contribution in [0.1, 0.15) is 55.2 Å². The molecule has 0 spiro atoms. The first-order chi connectivity index (χ1) is 53.7. The van der Waals surface area contributed by atoms with Crippen molar-refractivity contribution in [1.29, 1.82) is 0 Å². The second-order valence-corrected chi connectivity index (χ2v) is 26.5. The van der Waals surface area contributed by atoms with Gasteiger partial charge in [0.05, 0.1) is 63.6 Å². The molecule has 3 heterocycles. The molecule has 4 amide bonds. The number of ether oxygens (including phenoxy) is 3. The second kappa shape index (κ2) is 41.5. The van der Waals surface area contributed by atoms with Crippen molar-refractivity contribution in [2.45, 2.75) is 157 Å². The molecule has 0 aliphatic carbocycles. The van der Waals surface area contributed by atoms with Crippen LogP contribution in [0, 0.1) is 0 Å². The minimum absolute atomic E-state index is 0.180. The number of nitrogens with zero attached hydrogens (tertiary/aromatic N) is 7. The van der Waals surface area contributed by atoms with Crippen LogP contribution in [0.5, 0.6) is 34.5 Å². The first-order valence-corrected chi connectivity index (χ1v) is 35.2. The van der Waals surface area contributed by atoms with Crippen molar-refractivity contribution >= 4 is 47.5 Å². The van der Waals surface area contributed by atoms with Crippen molar-refractivity contribution in [2.24, 2.45) is 0 Å². The predicted molar refractivity (Wildman–Crippen MR) is 396 cm³/mol. The van der Waals surface area contributed by atoms with Crippen LogP contribution in [0.15, 0.2) is 154 Å². The van der Waals surface area contributed by atoms with Gasteiger partial charge >= 0.3 is 24.4 Å². The summed E-state index contributed by atoms with van der Waals surface area (Å²) in [6, 6.07) is 30.4. The fraction of sp³-hybridized carbons (Fsp3) is 0.419. The van der Waals surface area contributed by atoms with Crippen LogP contribution in [0.3, 0.4) is 0 Å². The Balaban J connectivity index is 1.46. The Morgan fingerprint density at radius 2 is 0.593 bits per heavy atom. The molecule has 0 saturated heterocycles. The largest absolute Gasteiger partial charge is 0.503 e. The maximum atomic E-state index is 14.6. The SMILES string of the molecule is O=C(O)N(CCCC(CCCN(C(=O)O)c1c(OCc2ccccc2)c(=O)c(O)cn1CC(O)C(O)C(O)C(O)CO)(CCCN(C(=O)O)c1c(OCc2ccccc2)c(=O)c(O)cn1CC(O)C(O)C(O)C(O)CO)N(C(=O)O)c1ccccc1)c1c(OCc2ccccc2)c(=O)c(O)cn1CC(O)C(O)C(O)C(O)CO. The quantitative estimate of drug-likeness (QED) is 0.0228. The average Bonchev–Trinajstić information content (AvgIpc) is 0.785. The van der Waals surface area contributed by atoms with E-state index in [1.807, 2.05) is 0 Å². The number of hydrogen-bond donors (Lipinski definition) is 22. The van der Waals surface area contributed by atoms with E-state index in [-0.39, 0.29) is 5.69 Å². The summed E-state index contributed by atoms with van der Waals surface area (Å²) in [7, 11) is 0. The molecule has 113 heavy (non-hydrogen) atoms. The highest BCUT2D eigenvalue weighted by atomic mass is 16.5. The molecule has 0 radical (unpaired) electrons. The second-order valence-electron chi connectivity index (χ2n) is 26.5. The molecule has 0 aliphatic heterocycles. The Morgan fingerprint density at radius 1 is 0.354 bits per heavy atom. The molecule has 39 nitrogen and oxygen atoms in total. The highest BCUT2D eigenvalue weighted by Crippen LogP contribution is 2.41. The topological polar surface area (TPSA) is 620 Å². The van der Waals surface area contributed by atoms with E-state index in [9.17, 15) is 146 Å². The molecule has 616 valence electrons. The number of benzene rings is 4. The summed E-state index contributed by atoms with van der Waals surface area (Å²) in [5.74, 6) is -8.62. The van der Waals surface area contributed by atoms with Gasteiger partial charge in [-0.15, -0.1) is 0 Å². The molecular weight excluding hydrogens is 1500 g/mol. The van der Waals surface area contributed by atoms with Gasteiger partial charge in [0, 0.05) is 25.3 Å². The van der Waals surface area contributed by atoms with E-state index >= 15 is 0 Å². The number of anilines is 4. The summed E-state index contributed by atoms with van der Waals surface area (Å²) in [5, 5.41) is 238. The number of amides is 4. The van der Waals surface area contributed by atoms with Crippen molar-refractivity contribution in [3.05, 3.63) is 187 Å². The predicted octanol–water partition coefficient (Wildman–Crippen LogP) is -0.549. The van der Waals surface area contributed by atoms with Gasteiger partial charge in [0.15, 0.2) is 34.7 Å². The van der Waals surface area contributed by atoms with Gasteiger partial charge in [0.25, 0.3) is 16.3 Å². The lowest BCUT2D eigenvalue weighted by molar-refractivity contribution is -0.117. The number of aromatic hydroxyl groups is 3. The Labute approximate surface area is 642 Å². The van der Waals surface area contributed by atoms with E-state index in [2.05, 4.69) is 0 Å². The van der Waals surface area contributed by atoms with Gasteiger partial charge in [-0.05, 0) is 67.3 Å². The normalized spacial score (nSPS) is 15.3. The smallest absolute Gasteiger partial charge is 0.413 e. The first-order valence-electron chi connectivity index (χ1n) is 35.2. The van der Waals surface area contributed by atoms with Crippen molar-refractivity contribution in [2.75, 3.05) is 59.1 Å². The molecule has 0 aliphatic rings. The van der Waals surface area contributed by atoms with Crippen LogP contribution in [0.4, 0.5) is 42.3 Å². The Hall–Kier alpha value is -11.0. The number of aliphatic hydroxyl groups is 15.